The van der Waals surface area contributed by atoms with E-state index in [2.05, 4.69) is 0 Å². The Kier molecular flexibility index (Phi) is 3.41. The first kappa shape index (κ1) is 9.68. The molecule has 1 unspecified atom stereocenters. The summed E-state index contributed by atoms with van der Waals surface area (Å²) in [6.45, 7) is 1.73. The van der Waals surface area contributed by atoms with Crippen LogP contribution in [-0.2, 0) is 4.79 Å². The molecule has 0 saturated heterocycles. The topological polar surface area (TPSA) is 37.3 Å². The van der Waals surface area contributed by atoms with Gasteiger partial charge in [0.2, 0.25) is 0 Å². The third kappa shape index (κ3) is 2.53. The Bertz CT molecular complexity index is 301. The van der Waals surface area contributed by atoms with Crippen LogP contribution in [0, 0.1) is 0 Å². The van der Waals surface area contributed by atoms with Crippen LogP contribution in [0.15, 0.2) is 42.0 Å². The fourth-order valence-electron chi connectivity index (χ4n) is 1.10. The van der Waals surface area contributed by atoms with Gasteiger partial charge in [0.15, 0.2) is 0 Å². The maximum Gasteiger partial charge on any atom is 0.142 e. The normalized spacial score (nSPS) is 13.8. The molecule has 0 aliphatic heterocycles. The molecule has 0 heterocycles. The van der Waals surface area contributed by atoms with Gasteiger partial charge in [-0.1, -0.05) is 30.3 Å². The lowest BCUT2D eigenvalue weighted by Crippen LogP contribution is -1.98. The lowest BCUT2D eigenvalue weighted by atomic mass is 10.0. The van der Waals surface area contributed by atoms with Gasteiger partial charge in [-0.05, 0) is 24.1 Å². The average molecular weight is 176 g/mol. The Hall–Kier alpha value is -1.41. The highest BCUT2D eigenvalue weighted by atomic mass is 16.3. The van der Waals surface area contributed by atoms with E-state index in [1.807, 2.05) is 30.3 Å². The van der Waals surface area contributed by atoms with Crippen molar-refractivity contribution in [2.45, 2.75) is 13.0 Å². The molecule has 2 heteroatoms. The minimum atomic E-state index is -0.675. The van der Waals surface area contributed by atoms with E-state index in [1.165, 1.54) is 6.08 Å². The Labute approximate surface area is 77.5 Å². The molecule has 1 atom stereocenters. The summed E-state index contributed by atoms with van der Waals surface area (Å²) >= 11 is 0. The van der Waals surface area contributed by atoms with Crippen LogP contribution in [0.3, 0.4) is 0 Å². The average Bonchev–Trinajstić information content (AvgIpc) is 2.18. The van der Waals surface area contributed by atoms with Gasteiger partial charge in [0.25, 0.3) is 0 Å². The van der Waals surface area contributed by atoms with E-state index >= 15 is 0 Å². The molecule has 0 aliphatic rings. The third-order valence-corrected chi connectivity index (χ3v) is 1.88. The summed E-state index contributed by atoms with van der Waals surface area (Å²) in [5, 5.41) is 9.69. The van der Waals surface area contributed by atoms with E-state index in [0.29, 0.717) is 11.9 Å². The van der Waals surface area contributed by atoms with Gasteiger partial charge < -0.3 is 5.11 Å². The van der Waals surface area contributed by atoms with Crippen molar-refractivity contribution in [1.29, 1.82) is 0 Å². The minimum Gasteiger partial charge on any atom is -0.384 e. The number of carbonyl (C=O) groups excluding carboxylic acids is 1. The predicted octanol–water partition coefficient (Wildman–Crippen LogP) is 1.87. The van der Waals surface area contributed by atoms with Crippen LogP contribution in [0.25, 0.3) is 0 Å². The highest BCUT2D eigenvalue weighted by molar-refractivity contribution is 5.66. The van der Waals surface area contributed by atoms with Gasteiger partial charge in [-0.25, -0.2) is 0 Å². The Morgan fingerprint density at radius 1 is 1.38 bits per heavy atom. The number of carbonyl (C=O) groups is 1. The Balaban J connectivity index is 2.85. The first-order chi connectivity index (χ1) is 6.25. The van der Waals surface area contributed by atoms with Gasteiger partial charge in [0.05, 0.1) is 0 Å². The molecule has 0 amide bonds. The quantitative estimate of drug-likeness (QED) is 0.564. The van der Waals surface area contributed by atoms with Crippen molar-refractivity contribution >= 4 is 6.29 Å². The molecule has 0 radical (unpaired) electrons. The fourth-order valence-corrected chi connectivity index (χ4v) is 1.10. The number of rotatable bonds is 3. The molecule has 2 nitrogen and oxygen atoms in total. The Morgan fingerprint density at radius 2 is 2.00 bits per heavy atom. The smallest absolute Gasteiger partial charge is 0.142 e. The standard InChI is InChI=1S/C11H12O2/c1-9(7-8-12)11(13)10-5-3-2-4-6-10/h2-8,11,13H,1H3/b9-7+. The second-order valence-electron chi connectivity index (χ2n) is 2.86. The van der Waals surface area contributed by atoms with Crippen LogP contribution in [0.4, 0.5) is 0 Å². The van der Waals surface area contributed by atoms with Gasteiger partial charge in [-0.15, -0.1) is 0 Å². The van der Waals surface area contributed by atoms with Crippen molar-refractivity contribution in [3.8, 4) is 0 Å². The summed E-state index contributed by atoms with van der Waals surface area (Å²) in [5.74, 6) is 0. The largest absolute Gasteiger partial charge is 0.384 e. The lowest BCUT2D eigenvalue weighted by molar-refractivity contribution is -0.104. The number of aliphatic hydroxyl groups excluding tert-OH is 1. The molecule has 13 heavy (non-hydrogen) atoms. The maximum absolute atomic E-state index is 10.2. The molecule has 0 spiro atoms. The monoisotopic (exact) mass is 176 g/mol. The summed E-state index contributed by atoms with van der Waals surface area (Å²) in [4.78, 5) is 10.2. The molecule has 1 rings (SSSR count). The van der Waals surface area contributed by atoms with Gasteiger partial charge in [0, 0.05) is 0 Å². The van der Waals surface area contributed by atoms with E-state index in [-0.39, 0.29) is 0 Å². The summed E-state index contributed by atoms with van der Waals surface area (Å²) in [7, 11) is 0. The summed E-state index contributed by atoms with van der Waals surface area (Å²) in [5.41, 5.74) is 1.46. The van der Waals surface area contributed by atoms with Gasteiger partial charge >= 0.3 is 0 Å². The molecule has 1 aromatic rings. The van der Waals surface area contributed by atoms with Gasteiger partial charge in [0.1, 0.15) is 12.4 Å². The van der Waals surface area contributed by atoms with Crippen molar-refractivity contribution < 1.29 is 9.90 Å². The fraction of sp³-hybridized carbons (Fsp3) is 0.182. The number of hydrogen-bond acceptors (Lipinski definition) is 2. The molecule has 0 saturated carbocycles. The van der Waals surface area contributed by atoms with Crippen molar-refractivity contribution in [2.75, 3.05) is 0 Å². The molecular weight excluding hydrogens is 164 g/mol. The van der Waals surface area contributed by atoms with E-state index in [4.69, 9.17) is 0 Å². The molecule has 0 aromatic heterocycles. The molecule has 68 valence electrons. The van der Waals surface area contributed by atoms with Gasteiger partial charge in [-0.3, -0.25) is 4.79 Å². The zero-order chi connectivity index (χ0) is 9.68. The maximum atomic E-state index is 10.2. The molecule has 1 aromatic carbocycles. The molecular formula is C11H12O2. The zero-order valence-corrected chi connectivity index (χ0v) is 7.47. The summed E-state index contributed by atoms with van der Waals surface area (Å²) in [6.07, 6.45) is 1.38. The number of aliphatic hydroxyl groups is 1. The van der Waals surface area contributed by atoms with Crippen LogP contribution in [0.5, 0.6) is 0 Å². The first-order valence-electron chi connectivity index (χ1n) is 4.10. The molecule has 1 N–H and O–H groups in total. The zero-order valence-electron chi connectivity index (χ0n) is 7.47. The van der Waals surface area contributed by atoms with E-state index in [1.54, 1.807) is 6.92 Å². The van der Waals surface area contributed by atoms with Crippen molar-refractivity contribution in [1.82, 2.24) is 0 Å². The van der Waals surface area contributed by atoms with E-state index in [9.17, 15) is 9.90 Å². The molecule has 0 fully saturated rings. The van der Waals surface area contributed by atoms with Crippen LogP contribution < -0.4 is 0 Å². The van der Waals surface area contributed by atoms with Gasteiger partial charge in [-0.2, -0.15) is 0 Å². The van der Waals surface area contributed by atoms with E-state index < -0.39 is 6.10 Å². The van der Waals surface area contributed by atoms with Crippen LogP contribution in [0.2, 0.25) is 0 Å². The van der Waals surface area contributed by atoms with Crippen molar-refractivity contribution in [2.24, 2.45) is 0 Å². The highest BCUT2D eigenvalue weighted by Gasteiger charge is 2.07. The molecule has 0 aliphatic carbocycles. The van der Waals surface area contributed by atoms with Crippen LogP contribution >= 0.6 is 0 Å². The summed E-state index contributed by atoms with van der Waals surface area (Å²) in [6, 6.07) is 9.24. The lowest BCUT2D eigenvalue weighted by Gasteiger charge is -2.10. The van der Waals surface area contributed by atoms with E-state index in [0.717, 1.165) is 5.56 Å². The highest BCUT2D eigenvalue weighted by Crippen LogP contribution is 2.19. The summed E-state index contributed by atoms with van der Waals surface area (Å²) < 4.78 is 0. The minimum absolute atomic E-state index is 0.654. The second kappa shape index (κ2) is 4.58. The van der Waals surface area contributed by atoms with Crippen molar-refractivity contribution in [3.05, 3.63) is 47.5 Å². The molecule has 0 bridgehead atoms. The Morgan fingerprint density at radius 3 is 2.54 bits per heavy atom. The van der Waals surface area contributed by atoms with Crippen LogP contribution in [0.1, 0.15) is 18.6 Å². The van der Waals surface area contributed by atoms with Crippen LogP contribution in [-0.4, -0.2) is 11.4 Å². The van der Waals surface area contributed by atoms with Crippen molar-refractivity contribution in [3.63, 3.8) is 0 Å². The number of benzene rings is 1. The SMILES string of the molecule is C/C(=C\C=O)C(O)c1ccccc1. The predicted molar refractivity (Wildman–Crippen MR) is 51.2 cm³/mol. The number of hydrogen-bond donors (Lipinski definition) is 1. The second-order valence-corrected chi connectivity index (χ2v) is 2.86. The number of allylic oxidation sites excluding steroid dienone is 1. The number of aldehydes is 1. The first-order valence-corrected chi connectivity index (χ1v) is 4.10. The third-order valence-electron chi connectivity index (χ3n) is 1.88.